The number of rotatable bonds is 4. The topological polar surface area (TPSA) is 24.9 Å². The number of likely N-dealkylation sites (tertiary alicyclic amines) is 2. The average Bonchev–Trinajstić information content (AvgIpc) is 2.75. The molecule has 0 spiro atoms. The molecule has 2 bridgehead atoms. The zero-order valence-electron chi connectivity index (χ0n) is 10.9. The summed E-state index contributed by atoms with van der Waals surface area (Å²) in [5.41, 5.74) is 0.304. The van der Waals surface area contributed by atoms with E-state index in [0.29, 0.717) is 25.1 Å². The van der Waals surface area contributed by atoms with E-state index in [1.54, 1.807) is 7.11 Å². The quantitative estimate of drug-likeness (QED) is 0.556. The average molecular weight is 244 g/mol. The Morgan fingerprint density at radius 1 is 1.18 bits per heavy atom. The van der Waals surface area contributed by atoms with Crippen LogP contribution in [-0.2, 0) is 9.47 Å². The highest BCUT2D eigenvalue weighted by molar-refractivity contribution is 5.02. The highest BCUT2D eigenvalue weighted by Gasteiger charge is 2.46. The van der Waals surface area contributed by atoms with Gasteiger partial charge in [-0.3, -0.25) is 9.80 Å². The Morgan fingerprint density at radius 3 is 2.35 bits per heavy atom. The van der Waals surface area contributed by atoms with Gasteiger partial charge in [-0.2, -0.15) is 0 Å². The van der Waals surface area contributed by atoms with Crippen molar-refractivity contribution in [2.45, 2.75) is 52.2 Å². The first-order chi connectivity index (χ1) is 7.52. The van der Waals surface area contributed by atoms with Gasteiger partial charge in [0.2, 0.25) is 0 Å². The standard InChI is InChI=1S/C12H24N2O2.CH4/c1-12(2,3)14-7-10-5-11(14)6-13(10)8-16-9-15-4;/h10-11H,5-9H2,1-4H3;1H4. The van der Waals surface area contributed by atoms with Crippen molar-refractivity contribution in [3.05, 3.63) is 0 Å². The summed E-state index contributed by atoms with van der Waals surface area (Å²) in [6, 6.07) is 1.40. The first-order valence-corrected chi connectivity index (χ1v) is 6.10. The Hall–Kier alpha value is -0.160. The summed E-state index contributed by atoms with van der Waals surface area (Å²) in [7, 11) is 1.66. The fourth-order valence-electron chi connectivity index (χ4n) is 2.97. The molecular weight excluding hydrogens is 216 g/mol. The molecule has 17 heavy (non-hydrogen) atoms. The molecule has 2 rings (SSSR count). The Bertz CT molecular complexity index is 240. The molecule has 102 valence electrons. The van der Waals surface area contributed by atoms with Crippen LogP contribution in [0.2, 0.25) is 0 Å². The molecule has 0 radical (unpaired) electrons. The Morgan fingerprint density at radius 2 is 1.88 bits per heavy atom. The summed E-state index contributed by atoms with van der Waals surface area (Å²) < 4.78 is 10.3. The third kappa shape index (κ3) is 3.19. The maximum atomic E-state index is 5.43. The number of ether oxygens (including phenoxy) is 2. The highest BCUT2D eigenvalue weighted by atomic mass is 16.7. The third-order valence-electron chi connectivity index (χ3n) is 3.67. The fourth-order valence-corrected chi connectivity index (χ4v) is 2.97. The third-order valence-corrected chi connectivity index (χ3v) is 3.67. The normalized spacial score (nSPS) is 29.6. The molecule has 0 aromatic heterocycles. The lowest BCUT2D eigenvalue weighted by atomic mass is 10.0. The van der Waals surface area contributed by atoms with Crippen LogP contribution in [0, 0.1) is 0 Å². The van der Waals surface area contributed by atoms with Gasteiger partial charge in [-0.05, 0) is 27.2 Å². The van der Waals surface area contributed by atoms with Crippen LogP contribution in [-0.4, -0.2) is 61.1 Å². The Balaban J connectivity index is 0.00000144. The van der Waals surface area contributed by atoms with Gasteiger partial charge >= 0.3 is 0 Å². The number of nitrogens with zero attached hydrogens (tertiary/aromatic N) is 2. The van der Waals surface area contributed by atoms with Gasteiger partial charge in [-0.25, -0.2) is 0 Å². The molecule has 0 N–H and O–H groups in total. The summed E-state index contributed by atoms with van der Waals surface area (Å²) in [6.07, 6.45) is 1.30. The molecule has 0 aromatic rings. The molecule has 2 aliphatic rings. The predicted octanol–water partition coefficient (Wildman–Crippen LogP) is 1.76. The van der Waals surface area contributed by atoms with Gasteiger partial charge in [0.05, 0.1) is 0 Å². The van der Waals surface area contributed by atoms with E-state index >= 15 is 0 Å². The molecular formula is C13H28N2O2. The highest BCUT2D eigenvalue weighted by Crippen LogP contribution is 2.35. The van der Waals surface area contributed by atoms with Crippen molar-refractivity contribution in [3.8, 4) is 0 Å². The van der Waals surface area contributed by atoms with Crippen LogP contribution in [0.3, 0.4) is 0 Å². The summed E-state index contributed by atoms with van der Waals surface area (Å²) in [5.74, 6) is 0. The molecule has 0 aromatic carbocycles. The zero-order chi connectivity index (χ0) is 11.8. The summed E-state index contributed by atoms with van der Waals surface area (Å²) in [4.78, 5) is 5.07. The molecule has 2 aliphatic heterocycles. The minimum atomic E-state index is 0. The molecule has 0 amide bonds. The van der Waals surface area contributed by atoms with E-state index in [0.717, 1.165) is 12.6 Å². The predicted molar refractivity (Wildman–Crippen MR) is 69.9 cm³/mol. The summed E-state index contributed by atoms with van der Waals surface area (Å²) in [6.45, 7) is 10.4. The van der Waals surface area contributed by atoms with E-state index in [2.05, 4.69) is 30.6 Å². The smallest absolute Gasteiger partial charge is 0.148 e. The van der Waals surface area contributed by atoms with Crippen LogP contribution in [0.5, 0.6) is 0 Å². The maximum absolute atomic E-state index is 5.43. The van der Waals surface area contributed by atoms with Gasteiger partial charge in [0.1, 0.15) is 13.5 Å². The van der Waals surface area contributed by atoms with Crippen molar-refractivity contribution in [2.24, 2.45) is 0 Å². The number of hydrogen-bond donors (Lipinski definition) is 0. The first kappa shape index (κ1) is 14.9. The molecule has 4 nitrogen and oxygen atoms in total. The number of fused-ring (bicyclic) bond motifs is 2. The maximum Gasteiger partial charge on any atom is 0.148 e. The van der Waals surface area contributed by atoms with Crippen LogP contribution < -0.4 is 0 Å². The SMILES string of the molecule is C.COCOCN1CC2CC1CN2C(C)(C)C. The molecule has 4 heteroatoms. The lowest BCUT2D eigenvalue weighted by Crippen LogP contribution is -2.53. The molecule has 2 heterocycles. The summed E-state index contributed by atoms with van der Waals surface area (Å²) >= 11 is 0. The summed E-state index contributed by atoms with van der Waals surface area (Å²) in [5, 5.41) is 0. The molecule has 2 saturated heterocycles. The van der Waals surface area contributed by atoms with Crippen LogP contribution in [0.15, 0.2) is 0 Å². The Kier molecular flexibility index (Phi) is 4.95. The zero-order valence-corrected chi connectivity index (χ0v) is 10.9. The van der Waals surface area contributed by atoms with E-state index in [1.165, 1.54) is 13.0 Å². The molecule has 0 saturated carbocycles. The van der Waals surface area contributed by atoms with Gasteiger partial charge in [0, 0.05) is 37.8 Å². The van der Waals surface area contributed by atoms with Crippen LogP contribution >= 0.6 is 0 Å². The van der Waals surface area contributed by atoms with E-state index < -0.39 is 0 Å². The minimum Gasteiger partial charge on any atom is -0.359 e. The first-order valence-electron chi connectivity index (χ1n) is 6.10. The fraction of sp³-hybridized carbons (Fsp3) is 1.00. The lowest BCUT2D eigenvalue weighted by molar-refractivity contribution is -0.0874. The second-order valence-electron chi connectivity index (χ2n) is 5.88. The van der Waals surface area contributed by atoms with E-state index in [9.17, 15) is 0 Å². The number of piperazine rings is 1. The van der Waals surface area contributed by atoms with Crippen LogP contribution in [0.25, 0.3) is 0 Å². The van der Waals surface area contributed by atoms with Gasteiger partial charge in [-0.15, -0.1) is 0 Å². The van der Waals surface area contributed by atoms with Crippen molar-refractivity contribution in [2.75, 3.05) is 33.7 Å². The van der Waals surface area contributed by atoms with Crippen LogP contribution in [0.4, 0.5) is 0 Å². The van der Waals surface area contributed by atoms with Gasteiger partial charge in [0.15, 0.2) is 0 Å². The molecule has 2 fully saturated rings. The lowest BCUT2D eigenvalue weighted by Gasteiger charge is -2.41. The molecule has 0 aliphatic carbocycles. The van der Waals surface area contributed by atoms with Crippen molar-refractivity contribution in [1.29, 1.82) is 0 Å². The number of methoxy groups -OCH3 is 1. The van der Waals surface area contributed by atoms with E-state index in [-0.39, 0.29) is 7.43 Å². The van der Waals surface area contributed by atoms with Crippen molar-refractivity contribution in [3.63, 3.8) is 0 Å². The number of hydrogen-bond acceptors (Lipinski definition) is 4. The van der Waals surface area contributed by atoms with Crippen molar-refractivity contribution < 1.29 is 9.47 Å². The monoisotopic (exact) mass is 244 g/mol. The minimum absolute atomic E-state index is 0. The molecule has 2 unspecified atom stereocenters. The largest absolute Gasteiger partial charge is 0.359 e. The van der Waals surface area contributed by atoms with Gasteiger partial charge < -0.3 is 9.47 Å². The van der Waals surface area contributed by atoms with Crippen molar-refractivity contribution in [1.82, 2.24) is 9.80 Å². The second kappa shape index (κ2) is 5.65. The van der Waals surface area contributed by atoms with E-state index in [4.69, 9.17) is 9.47 Å². The van der Waals surface area contributed by atoms with Gasteiger partial charge in [-0.1, -0.05) is 7.43 Å². The van der Waals surface area contributed by atoms with Crippen LogP contribution in [0.1, 0.15) is 34.6 Å². The second-order valence-corrected chi connectivity index (χ2v) is 5.88. The Labute approximate surface area is 106 Å². The van der Waals surface area contributed by atoms with Gasteiger partial charge in [0.25, 0.3) is 0 Å². The molecule has 2 atom stereocenters. The van der Waals surface area contributed by atoms with E-state index in [1.807, 2.05) is 0 Å². The van der Waals surface area contributed by atoms with Crippen molar-refractivity contribution >= 4 is 0 Å².